The van der Waals surface area contributed by atoms with Crippen LogP contribution in [0.3, 0.4) is 0 Å². The molecule has 7 heteroatoms. The van der Waals surface area contributed by atoms with E-state index in [0.29, 0.717) is 30.4 Å². The quantitative estimate of drug-likeness (QED) is 0.793. The van der Waals surface area contributed by atoms with Gasteiger partial charge in [0.2, 0.25) is 0 Å². The number of rotatable bonds is 5. The molecule has 0 spiro atoms. The van der Waals surface area contributed by atoms with Gasteiger partial charge >= 0.3 is 5.97 Å². The minimum Gasteiger partial charge on any atom is -0.466 e. The Kier molecular flexibility index (Phi) is 4.90. The molecule has 0 fully saturated rings. The van der Waals surface area contributed by atoms with Gasteiger partial charge in [-0.05, 0) is 44.9 Å². The van der Waals surface area contributed by atoms with E-state index in [-0.39, 0.29) is 5.97 Å². The largest absolute Gasteiger partial charge is 0.466 e. The van der Waals surface area contributed by atoms with E-state index in [9.17, 15) is 4.79 Å². The van der Waals surface area contributed by atoms with E-state index < -0.39 is 0 Å². The van der Waals surface area contributed by atoms with Crippen LogP contribution in [0.5, 0.6) is 0 Å². The van der Waals surface area contributed by atoms with Gasteiger partial charge in [-0.1, -0.05) is 11.6 Å². The summed E-state index contributed by atoms with van der Waals surface area (Å²) in [5.41, 5.74) is 2.83. The molecule has 0 aromatic carbocycles. The van der Waals surface area contributed by atoms with Gasteiger partial charge in [0.05, 0.1) is 12.3 Å². The lowest BCUT2D eigenvalue weighted by atomic mass is 10.1. The highest BCUT2D eigenvalue weighted by Gasteiger charge is 2.15. The van der Waals surface area contributed by atoms with Gasteiger partial charge in [-0.3, -0.25) is 4.79 Å². The van der Waals surface area contributed by atoms with Crippen LogP contribution in [-0.2, 0) is 16.0 Å². The fraction of sp³-hybridized carbons (Fsp3) is 0.429. The van der Waals surface area contributed by atoms with Crippen LogP contribution < -0.4 is 0 Å². The molecule has 0 aliphatic rings. The molecule has 112 valence electrons. The number of aromatic nitrogens is 4. The van der Waals surface area contributed by atoms with Crippen LogP contribution >= 0.6 is 11.6 Å². The first-order chi connectivity index (χ1) is 10.0. The fourth-order valence-corrected chi connectivity index (χ4v) is 2.24. The molecule has 0 atom stereocenters. The van der Waals surface area contributed by atoms with E-state index in [1.54, 1.807) is 23.7 Å². The highest BCUT2D eigenvalue weighted by atomic mass is 35.5. The van der Waals surface area contributed by atoms with Crippen LogP contribution in [0.1, 0.15) is 30.3 Å². The van der Waals surface area contributed by atoms with Crippen LogP contribution in [0, 0.1) is 13.8 Å². The Balaban J connectivity index is 2.21. The minimum atomic E-state index is -0.199. The van der Waals surface area contributed by atoms with Gasteiger partial charge < -0.3 is 4.74 Å². The molecule has 2 heterocycles. The first kappa shape index (κ1) is 15.4. The van der Waals surface area contributed by atoms with Crippen molar-refractivity contribution in [2.45, 2.75) is 33.6 Å². The van der Waals surface area contributed by atoms with E-state index >= 15 is 0 Å². The Labute approximate surface area is 128 Å². The third-order valence-corrected chi connectivity index (χ3v) is 3.36. The Morgan fingerprint density at radius 1 is 1.33 bits per heavy atom. The Morgan fingerprint density at radius 2 is 2.10 bits per heavy atom. The maximum atomic E-state index is 11.5. The summed E-state index contributed by atoms with van der Waals surface area (Å²) in [6, 6.07) is 3.42. The average Bonchev–Trinajstić information content (AvgIpc) is 2.73. The number of esters is 1. The predicted molar refractivity (Wildman–Crippen MR) is 78.6 cm³/mol. The Hall–Kier alpha value is -1.95. The topological polar surface area (TPSA) is 69.9 Å². The van der Waals surface area contributed by atoms with Gasteiger partial charge in [0.1, 0.15) is 0 Å². The molecule has 0 saturated carbocycles. The number of hydrogen-bond donors (Lipinski definition) is 0. The van der Waals surface area contributed by atoms with Gasteiger partial charge in [-0.15, -0.1) is 10.2 Å². The SMILES string of the molecule is CCOC(=O)CCc1c(C)nn(-c2ccc(Cl)nn2)c1C. The first-order valence-corrected chi connectivity index (χ1v) is 7.11. The van der Waals surface area contributed by atoms with E-state index in [4.69, 9.17) is 16.3 Å². The summed E-state index contributed by atoms with van der Waals surface area (Å²) in [4.78, 5) is 11.5. The molecule has 2 aromatic rings. The summed E-state index contributed by atoms with van der Waals surface area (Å²) >= 11 is 5.74. The maximum Gasteiger partial charge on any atom is 0.306 e. The van der Waals surface area contributed by atoms with Crippen molar-refractivity contribution in [1.82, 2.24) is 20.0 Å². The molecular formula is C14H17ClN4O2. The normalized spacial score (nSPS) is 10.7. The molecule has 2 aromatic heterocycles. The van der Waals surface area contributed by atoms with Crippen LogP contribution in [0.4, 0.5) is 0 Å². The van der Waals surface area contributed by atoms with Gasteiger partial charge in [0.15, 0.2) is 11.0 Å². The number of hydrogen-bond acceptors (Lipinski definition) is 5. The highest BCUT2D eigenvalue weighted by Crippen LogP contribution is 2.18. The smallest absolute Gasteiger partial charge is 0.306 e. The second-order valence-corrected chi connectivity index (χ2v) is 4.97. The predicted octanol–water partition coefficient (Wildman–Crippen LogP) is 2.43. The van der Waals surface area contributed by atoms with Crippen molar-refractivity contribution in [1.29, 1.82) is 0 Å². The number of carbonyl (C=O) groups is 1. The third kappa shape index (κ3) is 3.58. The first-order valence-electron chi connectivity index (χ1n) is 6.73. The van der Waals surface area contributed by atoms with Crippen molar-refractivity contribution >= 4 is 17.6 Å². The van der Waals surface area contributed by atoms with Gasteiger partial charge in [0.25, 0.3) is 0 Å². The molecule has 0 aliphatic carbocycles. The van der Waals surface area contributed by atoms with E-state index in [0.717, 1.165) is 17.0 Å². The van der Waals surface area contributed by atoms with Crippen molar-refractivity contribution in [3.63, 3.8) is 0 Å². The number of halogens is 1. The zero-order chi connectivity index (χ0) is 15.4. The Morgan fingerprint density at radius 3 is 2.71 bits per heavy atom. The Bertz CT molecular complexity index is 637. The lowest BCUT2D eigenvalue weighted by molar-refractivity contribution is -0.143. The van der Waals surface area contributed by atoms with Crippen LogP contribution in [0.2, 0.25) is 5.15 Å². The summed E-state index contributed by atoms with van der Waals surface area (Å²) in [5, 5.41) is 12.6. The van der Waals surface area contributed by atoms with Crippen molar-refractivity contribution in [3.05, 3.63) is 34.2 Å². The lowest BCUT2D eigenvalue weighted by Gasteiger charge is -2.04. The molecule has 0 saturated heterocycles. The zero-order valence-corrected chi connectivity index (χ0v) is 13.0. The summed E-state index contributed by atoms with van der Waals surface area (Å²) in [6.07, 6.45) is 0.936. The highest BCUT2D eigenvalue weighted by molar-refractivity contribution is 6.29. The summed E-state index contributed by atoms with van der Waals surface area (Å²) < 4.78 is 6.65. The molecule has 2 rings (SSSR count). The third-order valence-electron chi connectivity index (χ3n) is 3.16. The van der Waals surface area contributed by atoms with Crippen LogP contribution in [0.25, 0.3) is 5.82 Å². The lowest BCUT2D eigenvalue weighted by Crippen LogP contribution is -2.06. The maximum absolute atomic E-state index is 11.5. The molecule has 21 heavy (non-hydrogen) atoms. The van der Waals surface area contributed by atoms with E-state index in [1.165, 1.54) is 0 Å². The molecule has 6 nitrogen and oxygen atoms in total. The molecule has 0 amide bonds. The second-order valence-electron chi connectivity index (χ2n) is 4.58. The number of aryl methyl sites for hydroxylation is 1. The van der Waals surface area contributed by atoms with Crippen molar-refractivity contribution in [2.24, 2.45) is 0 Å². The van der Waals surface area contributed by atoms with Crippen molar-refractivity contribution < 1.29 is 9.53 Å². The number of carbonyl (C=O) groups excluding carboxylic acids is 1. The summed E-state index contributed by atoms with van der Waals surface area (Å²) in [5.74, 6) is 0.401. The average molecular weight is 309 g/mol. The van der Waals surface area contributed by atoms with E-state index in [1.807, 2.05) is 13.8 Å². The number of ether oxygens (including phenoxy) is 1. The van der Waals surface area contributed by atoms with Crippen molar-refractivity contribution in [3.8, 4) is 5.82 Å². The molecule has 0 N–H and O–H groups in total. The van der Waals surface area contributed by atoms with Gasteiger partial charge in [-0.2, -0.15) is 5.10 Å². The summed E-state index contributed by atoms with van der Waals surface area (Å²) in [6.45, 7) is 6.05. The standard InChI is InChI=1S/C14H17ClN4O2/c1-4-21-14(20)8-5-11-9(2)18-19(10(11)3)13-7-6-12(15)16-17-13/h6-7H,4-5,8H2,1-3H3. The molecule has 0 bridgehead atoms. The van der Waals surface area contributed by atoms with Crippen LogP contribution in [-0.4, -0.2) is 32.6 Å². The molecular weight excluding hydrogens is 292 g/mol. The van der Waals surface area contributed by atoms with Crippen molar-refractivity contribution in [2.75, 3.05) is 6.61 Å². The molecule has 0 radical (unpaired) electrons. The monoisotopic (exact) mass is 308 g/mol. The zero-order valence-electron chi connectivity index (χ0n) is 12.3. The van der Waals surface area contributed by atoms with Gasteiger partial charge in [-0.25, -0.2) is 4.68 Å². The second kappa shape index (κ2) is 6.67. The van der Waals surface area contributed by atoms with Crippen LogP contribution in [0.15, 0.2) is 12.1 Å². The minimum absolute atomic E-state index is 0.199. The molecule has 0 unspecified atom stereocenters. The molecule has 0 aliphatic heterocycles. The number of nitrogens with zero attached hydrogens (tertiary/aromatic N) is 4. The summed E-state index contributed by atoms with van der Waals surface area (Å²) in [7, 11) is 0. The van der Waals surface area contributed by atoms with Gasteiger partial charge in [0, 0.05) is 12.1 Å². The van der Waals surface area contributed by atoms with E-state index in [2.05, 4.69) is 15.3 Å². The fourth-order valence-electron chi connectivity index (χ4n) is 2.14.